The molecule has 0 spiro atoms. The fourth-order valence-corrected chi connectivity index (χ4v) is 2.58. The van der Waals surface area contributed by atoms with Crippen LogP contribution >= 0.6 is 11.3 Å². The first-order chi connectivity index (χ1) is 9.74. The number of rotatable bonds is 7. The van der Waals surface area contributed by atoms with Crippen LogP contribution in [-0.2, 0) is 17.9 Å². The summed E-state index contributed by atoms with van der Waals surface area (Å²) in [6.07, 6.45) is 1.90. The van der Waals surface area contributed by atoms with E-state index in [1.54, 1.807) is 25.6 Å². The van der Waals surface area contributed by atoms with Gasteiger partial charge in [0.25, 0.3) is 0 Å². The molecule has 0 aliphatic rings. The molecular weight excluding hydrogens is 272 g/mol. The molecule has 0 bridgehead atoms. The highest BCUT2D eigenvalue weighted by atomic mass is 32.1. The first kappa shape index (κ1) is 15.0. The minimum Gasteiger partial charge on any atom is -0.496 e. The minimum absolute atomic E-state index is 0.263. The number of hydrogen-bond donors (Lipinski definition) is 1. The van der Waals surface area contributed by atoms with E-state index in [2.05, 4.69) is 29.4 Å². The SMILES string of the molecule is COCc1cc(C(C)NCc2cncs2)ccc1OC. The third-order valence-electron chi connectivity index (χ3n) is 3.17. The van der Waals surface area contributed by atoms with Gasteiger partial charge in [0.05, 0.1) is 19.2 Å². The molecule has 1 N–H and O–H groups in total. The van der Waals surface area contributed by atoms with Crippen molar-refractivity contribution in [1.29, 1.82) is 0 Å². The van der Waals surface area contributed by atoms with Gasteiger partial charge in [-0.05, 0) is 24.6 Å². The Bertz CT molecular complexity index is 529. The number of nitrogens with one attached hydrogen (secondary N) is 1. The Morgan fingerprint density at radius 3 is 2.85 bits per heavy atom. The van der Waals surface area contributed by atoms with Crippen LogP contribution in [0.3, 0.4) is 0 Å². The van der Waals surface area contributed by atoms with Gasteiger partial charge in [-0.2, -0.15) is 0 Å². The average molecular weight is 292 g/mol. The molecule has 1 aromatic heterocycles. The summed E-state index contributed by atoms with van der Waals surface area (Å²) in [5.41, 5.74) is 4.15. The molecular formula is C15H20N2O2S. The maximum absolute atomic E-state index is 5.34. The van der Waals surface area contributed by atoms with Crippen LogP contribution in [0.1, 0.15) is 29.0 Å². The maximum atomic E-state index is 5.34. The van der Waals surface area contributed by atoms with Crippen molar-refractivity contribution in [1.82, 2.24) is 10.3 Å². The Morgan fingerprint density at radius 1 is 1.35 bits per heavy atom. The smallest absolute Gasteiger partial charge is 0.124 e. The topological polar surface area (TPSA) is 43.4 Å². The van der Waals surface area contributed by atoms with E-state index in [4.69, 9.17) is 9.47 Å². The van der Waals surface area contributed by atoms with E-state index < -0.39 is 0 Å². The van der Waals surface area contributed by atoms with Crippen molar-refractivity contribution < 1.29 is 9.47 Å². The van der Waals surface area contributed by atoms with E-state index in [0.717, 1.165) is 17.9 Å². The number of aromatic nitrogens is 1. The van der Waals surface area contributed by atoms with Crippen molar-refractivity contribution in [3.05, 3.63) is 45.9 Å². The van der Waals surface area contributed by atoms with Crippen molar-refractivity contribution in [2.45, 2.75) is 26.1 Å². The number of hydrogen-bond acceptors (Lipinski definition) is 5. The molecule has 1 aromatic carbocycles. The average Bonchev–Trinajstić information content (AvgIpc) is 2.98. The van der Waals surface area contributed by atoms with Gasteiger partial charge in [-0.1, -0.05) is 6.07 Å². The van der Waals surface area contributed by atoms with E-state index in [1.165, 1.54) is 10.4 Å². The van der Waals surface area contributed by atoms with Gasteiger partial charge < -0.3 is 14.8 Å². The zero-order valence-corrected chi connectivity index (χ0v) is 12.9. The second kappa shape index (κ2) is 7.38. The lowest BCUT2D eigenvalue weighted by molar-refractivity contribution is 0.181. The highest BCUT2D eigenvalue weighted by Crippen LogP contribution is 2.24. The summed E-state index contributed by atoms with van der Waals surface area (Å²) in [7, 11) is 3.37. The van der Waals surface area contributed by atoms with Crippen LogP contribution in [0.4, 0.5) is 0 Å². The zero-order valence-electron chi connectivity index (χ0n) is 12.1. The van der Waals surface area contributed by atoms with Gasteiger partial charge in [-0.3, -0.25) is 4.98 Å². The zero-order chi connectivity index (χ0) is 14.4. The predicted molar refractivity (Wildman–Crippen MR) is 81.1 cm³/mol. The lowest BCUT2D eigenvalue weighted by Crippen LogP contribution is -2.17. The maximum Gasteiger partial charge on any atom is 0.124 e. The summed E-state index contributed by atoms with van der Waals surface area (Å²) in [4.78, 5) is 5.32. The van der Waals surface area contributed by atoms with Crippen molar-refractivity contribution in [3.8, 4) is 5.75 Å². The molecule has 4 nitrogen and oxygen atoms in total. The van der Waals surface area contributed by atoms with Gasteiger partial charge in [-0.25, -0.2) is 0 Å². The molecule has 108 valence electrons. The molecule has 5 heteroatoms. The second-order valence-corrected chi connectivity index (χ2v) is 5.55. The van der Waals surface area contributed by atoms with Gasteiger partial charge >= 0.3 is 0 Å². The van der Waals surface area contributed by atoms with Crippen LogP contribution in [-0.4, -0.2) is 19.2 Å². The molecule has 0 aliphatic carbocycles. The molecule has 0 radical (unpaired) electrons. The van der Waals surface area contributed by atoms with Gasteiger partial charge in [-0.15, -0.1) is 11.3 Å². The number of ether oxygens (including phenoxy) is 2. The quantitative estimate of drug-likeness (QED) is 0.851. The summed E-state index contributed by atoms with van der Waals surface area (Å²) in [5.74, 6) is 0.866. The van der Waals surface area contributed by atoms with Crippen LogP contribution < -0.4 is 10.1 Å². The van der Waals surface area contributed by atoms with Crippen molar-refractivity contribution in [2.24, 2.45) is 0 Å². The second-order valence-electron chi connectivity index (χ2n) is 4.57. The van der Waals surface area contributed by atoms with Gasteiger partial charge in [0.15, 0.2) is 0 Å². The number of benzene rings is 1. The standard InChI is InChI=1S/C15H20N2O2S/c1-11(17-8-14-7-16-10-20-14)12-4-5-15(19-3)13(6-12)9-18-2/h4-7,10-11,17H,8-9H2,1-3H3. The van der Waals surface area contributed by atoms with Crippen LogP contribution in [0.2, 0.25) is 0 Å². The Labute approximate surface area is 123 Å². The van der Waals surface area contributed by atoms with E-state index in [0.29, 0.717) is 6.61 Å². The van der Waals surface area contributed by atoms with Crippen molar-refractivity contribution in [3.63, 3.8) is 0 Å². The molecule has 1 atom stereocenters. The molecule has 0 aliphatic heterocycles. The summed E-state index contributed by atoms with van der Waals surface area (Å²) in [6, 6.07) is 6.47. The molecule has 0 amide bonds. The molecule has 1 heterocycles. The predicted octanol–water partition coefficient (Wildman–Crippen LogP) is 3.15. The number of thiazole rings is 1. The van der Waals surface area contributed by atoms with Crippen molar-refractivity contribution >= 4 is 11.3 Å². The third-order valence-corrected chi connectivity index (χ3v) is 3.95. The summed E-state index contributed by atoms with van der Waals surface area (Å²) < 4.78 is 10.6. The van der Waals surface area contributed by atoms with Gasteiger partial charge in [0.2, 0.25) is 0 Å². The Hall–Kier alpha value is -1.43. The van der Waals surface area contributed by atoms with Gasteiger partial charge in [0, 0.05) is 36.3 Å². The first-order valence-electron chi connectivity index (χ1n) is 6.51. The van der Waals surface area contributed by atoms with Crippen LogP contribution in [0.5, 0.6) is 5.75 Å². The molecule has 1 unspecified atom stereocenters. The largest absolute Gasteiger partial charge is 0.496 e. The van der Waals surface area contributed by atoms with Gasteiger partial charge in [0.1, 0.15) is 5.75 Å². The van der Waals surface area contributed by atoms with Crippen LogP contribution in [0.25, 0.3) is 0 Å². The molecule has 2 rings (SSSR count). The molecule has 0 saturated heterocycles. The van der Waals surface area contributed by atoms with E-state index in [1.807, 2.05) is 17.8 Å². The van der Waals surface area contributed by atoms with Crippen LogP contribution in [0.15, 0.2) is 29.9 Å². The molecule has 20 heavy (non-hydrogen) atoms. The van der Waals surface area contributed by atoms with E-state index in [-0.39, 0.29) is 6.04 Å². The third kappa shape index (κ3) is 3.79. The lowest BCUT2D eigenvalue weighted by atomic mass is 10.0. The van der Waals surface area contributed by atoms with E-state index in [9.17, 15) is 0 Å². The Morgan fingerprint density at radius 2 is 2.20 bits per heavy atom. The van der Waals surface area contributed by atoms with E-state index >= 15 is 0 Å². The summed E-state index contributed by atoms with van der Waals surface area (Å²) >= 11 is 1.66. The molecule has 2 aromatic rings. The number of nitrogens with zero attached hydrogens (tertiary/aromatic N) is 1. The lowest BCUT2D eigenvalue weighted by Gasteiger charge is -2.16. The highest BCUT2D eigenvalue weighted by Gasteiger charge is 2.09. The Kier molecular flexibility index (Phi) is 5.52. The summed E-state index contributed by atoms with van der Waals surface area (Å²) in [6.45, 7) is 3.54. The molecule has 0 fully saturated rings. The fraction of sp³-hybridized carbons (Fsp3) is 0.400. The normalized spacial score (nSPS) is 12.3. The number of methoxy groups -OCH3 is 2. The summed E-state index contributed by atoms with van der Waals surface area (Å²) in [5, 5.41) is 3.50. The highest BCUT2D eigenvalue weighted by molar-refractivity contribution is 7.09. The fourth-order valence-electron chi connectivity index (χ4n) is 2.04. The van der Waals surface area contributed by atoms with Crippen molar-refractivity contribution in [2.75, 3.05) is 14.2 Å². The monoisotopic (exact) mass is 292 g/mol. The van der Waals surface area contributed by atoms with Crippen LogP contribution in [0, 0.1) is 0 Å². The minimum atomic E-state index is 0.263. The first-order valence-corrected chi connectivity index (χ1v) is 7.39. The molecule has 0 saturated carbocycles. The Balaban J connectivity index is 2.05.